The lowest BCUT2D eigenvalue weighted by molar-refractivity contribution is 0.284. The predicted octanol–water partition coefficient (Wildman–Crippen LogP) is 1.88. The molecule has 3 N–H and O–H groups in total. The fraction of sp³-hybridized carbons (Fsp3) is 0.333. The standard InChI is InChI=1S/C12H16FN2O4P/c1-15(2)4-3-8-7-14-10-5-9(13)6-11(12(8)10)19-20(16,17)18/h5-7,14H,3-4H2,1-2H3,(H2,16,17,18)/i1D3,2D3. The molecule has 20 heavy (non-hydrogen) atoms. The van der Waals surface area contributed by atoms with E-state index in [2.05, 4.69) is 9.51 Å². The third-order valence-corrected chi connectivity index (χ3v) is 3.05. The second kappa shape index (κ2) is 5.54. The van der Waals surface area contributed by atoms with Gasteiger partial charge < -0.3 is 14.4 Å². The van der Waals surface area contributed by atoms with Gasteiger partial charge in [0.05, 0.1) is 5.52 Å². The van der Waals surface area contributed by atoms with Crippen molar-refractivity contribution < 1.29 is 31.5 Å². The number of hydrogen-bond acceptors (Lipinski definition) is 3. The maximum Gasteiger partial charge on any atom is 0.524 e. The summed E-state index contributed by atoms with van der Waals surface area (Å²) in [6, 6.07) is 1.85. The van der Waals surface area contributed by atoms with Gasteiger partial charge in [-0.15, -0.1) is 0 Å². The molecule has 0 radical (unpaired) electrons. The Morgan fingerprint density at radius 2 is 2.25 bits per heavy atom. The number of phosphoric acid groups is 1. The molecule has 1 heterocycles. The topological polar surface area (TPSA) is 85.8 Å². The zero-order valence-corrected chi connectivity index (χ0v) is 11.0. The van der Waals surface area contributed by atoms with Crippen LogP contribution >= 0.6 is 7.82 Å². The van der Waals surface area contributed by atoms with E-state index in [1.54, 1.807) is 0 Å². The van der Waals surface area contributed by atoms with E-state index >= 15 is 0 Å². The number of hydrogen-bond donors (Lipinski definition) is 3. The van der Waals surface area contributed by atoms with Crippen LogP contribution in [-0.4, -0.2) is 40.2 Å². The van der Waals surface area contributed by atoms with Crippen LogP contribution in [0.3, 0.4) is 0 Å². The number of H-pyrrole nitrogens is 1. The average Bonchev–Trinajstić information content (AvgIpc) is 2.76. The van der Waals surface area contributed by atoms with Gasteiger partial charge in [0.1, 0.15) is 11.6 Å². The van der Waals surface area contributed by atoms with Crippen LogP contribution in [0.1, 0.15) is 13.8 Å². The van der Waals surface area contributed by atoms with Crippen LogP contribution in [0.4, 0.5) is 4.39 Å². The summed E-state index contributed by atoms with van der Waals surface area (Å²) in [7, 11) is -4.97. The molecule has 0 saturated carbocycles. The molecule has 0 atom stereocenters. The third-order valence-electron chi connectivity index (χ3n) is 2.61. The number of aromatic amines is 1. The highest BCUT2D eigenvalue weighted by molar-refractivity contribution is 7.46. The van der Waals surface area contributed by atoms with Gasteiger partial charge in [0, 0.05) is 32.4 Å². The number of likely N-dealkylation sites (N-methyl/N-ethyl adjacent to an activating group) is 1. The van der Waals surface area contributed by atoms with Crippen molar-refractivity contribution in [3.05, 3.63) is 29.7 Å². The Morgan fingerprint density at radius 3 is 2.90 bits per heavy atom. The van der Waals surface area contributed by atoms with Crippen LogP contribution in [-0.2, 0) is 11.0 Å². The second-order valence-electron chi connectivity index (χ2n) is 4.12. The van der Waals surface area contributed by atoms with Gasteiger partial charge in [0.2, 0.25) is 0 Å². The van der Waals surface area contributed by atoms with Crippen molar-refractivity contribution in [2.45, 2.75) is 6.42 Å². The molecular formula is C12H16FN2O4P. The highest BCUT2D eigenvalue weighted by Gasteiger charge is 2.20. The van der Waals surface area contributed by atoms with E-state index in [0.29, 0.717) is 10.5 Å². The van der Waals surface area contributed by atoms with Crippen LogP contribution in [0.2, 0.25) is 0 Å². The predicted molar refractivity (Wildman–Crippen MR) is 73.2 cm³/mol. The number of benzene rings is 1. The van der Waals surface area contributed by atoms with E-state index < -0.39 is 39.9 Å². The first-order valence-corrected chi connectivity index (χ1v) is 7.04. The van der Waals surface area contributed by atoms with Gasteiger partial charge >= 0.3 is 7.82 Å². The first kappa shape index (κ1) is 8.79. The summed E-state index contributed by atoms with van der Waals surface area (Å²) in [5.74, 6) is -1.24. The molecule has 0 unspecified atom stereocenters. The van der Waals surface area contributed by atoms with Crippen molar-refractivity contribution in [2.75, 3.05) is 20.5 Å². The highest BCUT2D eigenvalue weighted by Crippen LogP contribution is 2.42. The smallest absolute Gasteiger partial charge is 0.403 e. The zero-order chi connectivity index (χ0) is 19.9. The summed E-state index contributed by atoms with van der Waals surface area (Å²) in [5.41, 5.74) is 0.486. The summed E-state index contributed by atoms with van der Waals surface area (Å²) in [5, 5.41) is 0.130. The van der Waals surface area contributed by atoms with Crippen molar-refractivity contribution in [1.82, 2.24) is 9.88 Å². The molecule has 0 saturated heterocycles. The second-order valence-corrected chi connectivity index (χ2v) is 5.29. The molecule has 0 aliphatic heterocycles. The Bertz CT molecular complexity index is 833. The largest absolute Gasteiger partial charge is 0.524 e. The molecule has 0 bridgehead atoms. The SMILES string of the molecule is [2H]C([2H])([2H])N(CCc1c[nH]c2cc(F)cc(OP(=O)(O)O)c12)C([2H])([2H])[2H]. The van der Waals surface area contributed by atoms with E-state index in [0.717, 1.165) is 12.1 Å². The van der Waals surface area contributed by atoms with E-state index in [9.17, 15) is 8.96 Å². The van der Waals surface area contributed by atoms with Gasteiger partial charge in [-0.25, -0.2) is 8.96 Å². The quantitative estimate of drug-likeness (QED) is 0.734. The molecule has 8 heteroatoms. The lowest BCUT2D eigenvalue weighted by atomic mass is 10.1. The van der Waals surface area contributed by atoms with Crippen LogP contribution in [0, 0.1) is 5.82 Å². The van der Waals surface area contributed by atoms with Crippen LogP contribution in [0.5, 0.6) is 5.75 Å². The Balaban J connectivity index is 2.40. The van der Waals surface area contributed by atoms with E-state index in [1.165, 1.54) is 6.20 Å². The van der Waals surface area contributed by atoms with Gasteiger partial charge in [-0.1, -0.05) is 0 Å². The molecule has 0 fully saturated rings. The normalized spacial score (nSPS) is 18.0. The number of aromatic nitrogens is 1. The van der Waals surface area contributed by atoms with Crippen molar-refractivity contribution in [3.8, 4) is 5.75 Å². The van der Waals surface area contributed by atoms with Gasteiger partial charge in [-0.3, -0.25) is 9.79 Å². The zero-order valence-electron chi connectivity index (χ0n) is 16.1. The van der Waals surface area contributed by atoms with Crippen LogP contribution in [0.15, 0.2) is 18.3 Å². The lowest BCUT2D eigenvalue weighted by Crippen LogP contribution is -2.14. The van der Waals surface area contributed by atoms with Gasteiger partial charge in [-0.2, -0.15) is 0 Å². The molecule has 6 nitrogen and oxygen atoms in total. The molecule has 0 amide bonds. The minimum absolute atomic E-state index is 0.0973. The number of nitrogens with zero attached hydrogens (tertiary/aromatic N) is 1. The van der Waals surface area contributed by atoms with E-state index in [4.69, 9.17) is 18.0 Å². The third kappa shape index (κ3) is 3.58. The molecular weight excluding hydrogens is 286 g/mol. The molecule has 0 aliphatic rings. The minimum Gasteiger partial charge on any atom is -0.403 e. The summed E-state index contributed by atoms with van der Waals surface area (Å²) < 4.78 is 73.2. The highest BCUT2D eigenvalue weighted by atomic mass is 31.2. The Morgan fingerprint density at radius 1 is 1.50 bits per heavy atom. The molecule has 2 rings (SSSR count). The molecule has 1 aromatic carbocycles. The van der Waals surface area contributed by atoms with Crippen molar-refractivity contribution in [1.29, 1.82) is 0 Å². The Hall–Kier alpha value is -1.40. The maximum absolute atomic E-state index is 13.6. The maximum atomic E-state index is 13.6. The number of nitrogens with one attached hydrogen (secondary N) is 1. The Labute approximate surface area is 123 Å². The Kier molecular flexibility index (Phi) is 2.43. The first-order valence-electron chi connectivity index (χ1n) is 8.51. The van der Waals surface area contributed by atoms with Gasteiger partial charge in [0.15, 0.2) is 0 Å². The lowest BCUT2D eigenvalue weighted by Gasteiger charge is -2.11. The van der Waals surface area contributed by atoms with Gasteiger partial charge in [-0.05, 0) is 32.0 Å². The summed E-state index contributed by atoms with van der Waals surface area (Å²) in [6.45, 7) is -6.13. The monoisotopic (exact) mass is 308 g/mol. The number of halogens is 1. The molecule has 110 valence electrons. The van der Waals surface area contributed by atoms with Crippen molar-refractivity contribution in [2.24, 2.45) is 0 Å². The summed E-state index contributed by atoms with van der Waals surface area (Å²) >= 11 is 0. The first-order chi connectivity index (χ1) is 11.7. The molecule has 2 aromatic rings. The summed E-state index contributed by atoms with van der Waals surface area (Å²) in [4.78, 5) is 21.0. The van der Waals surface area contributed by atoms with E-state index in [1.807, 2.05) is 0 Å². The number of fused-ring (bicyclic) bond motifs is 1. The number of phosphoric ester groups is 1. The van der Waals surface area contributed by atoms with Crippen LogP contribution < -0.4 is 4.52 Å². The average molecular weight is 308 g/mol. The fourth-order valence-electron chi connectivity index (χ4n) is 1.89. The van der Waals surface area contributed by atoms with Crippen LogP contribution in [0.25, 0.3) is 10.9 Å². The number of rotatable bonds is 5. The molecule has 1 aromatic heterocycles. The van der Waals surface area contributed by atoms with Gasteiger partial charge in [0.25, 0.3) is 0 Å². The summed E-state index contributed by atoms with van der Waals surface area (Å²) in [6.07, 6.45) is 1.27. The molecule has 0 aliphatic carbocycles. The van der Waals surface area contributed by atoms with Crippen molar-refractivity contribution >= 4 is 18.7 Å². The van der Waals surface area contributed by atoms with Crippen molar-refractivity contribution in [3.63, 3.8) is 0 Å². The minimum atomic E-state index is -4.97. The fourth-order valence-corrected chi connectivity index (χ4v) is 2.29. The van der Waals surface area contributed by atoms with E-state index in [-0.39, 0.29) is 17.3 Å². The molecule has 0 spiro atoms.